The van der Waals surface area contributed by atoms with Gasteiger partial charge in [0, 0.05) is 29.6 Å². The molecular weight excluding hydrogens is 691 g/mol. The molecule has 4 aliphatic rings. The highest BCUT2D eigenvalue weighted by Gasteiger charge is 2.34. The van der Waals surface area contributed by atoms with E-state index in [2.05, 4.69) is 44.3 Å². The van der Waals surface area contributed by atoms with Crippen LogP contribution in [0.4, 0.5) is 0 Å². The van der Waals surface area contributed by atoms with Crippen LogP contribution in [-0.4, -0.2) is 78.1 Å². The molecule has 2 aromatic heterocycles. The molecule has 280 valence electrons. The van der Waals surface area contributed by atoms with Gasteiger partial charge in [-0.15, -0.1) is 0 Å². The van der Waals surface area contributed by atoms with Crippen molar-refractivity contribution in [2.75, 3.05) is 33.4 Å². The van der Waals surface area contributed by atoms with Crippen molar-refractivity contribution in [1.82, 2.24) is 24.0 Å². The van der Waals surface area contributed by atoms with Crippen molar-refractivity contribution in [3.8, 4) is 17.0 Å². The van der Waals surface area contributed by atoms with Crippen molar-refractivity contribution < 1.29 is 27.5 Å². The number of carbonyl (C=O) groups is 2. The van der Waals surface area contributed by atoms with Crippen molar-refractivity contribution in [2.24, 2.45) is 0 Å². The van der Waals surface area contributed by atoms with Gasteiger partial charge in [-0.1, -0.05) is 31.4 Å². The lowest BCUT2D eigenvalue weighted by molar-refractivity contribution is -0.118. The van der Waals surface area contributed by atoms with E-state index in [9.17, 15) is 18.0 Å². The van der Waals surface area contributed by atoms with Crippen LogP contribution in [0.2, 0.25) is 0 Å². The molecule has 12 heteroatoms. The molecule has 8 rings (SSSR count). The molecule has 2 amide bonds. The summed E-state index contributed by atoms with van der Waals surface area (Å²) in [6.07, 6.45) is 12.8. The van der Waals surface area contributed by atoms with Gasteiger partial charge in [-0.05, 0) is 104 Å². The number of carbonyl (C=O) groups excluding carboxylic acids is 2. The first-order valence-corrected chi connectivity index (χ1v) is 20.7. The van der Waals surface area contributed by atoms with Crippen LogP contribution in [-0.2, 0) is 32.5 Å². The lowest BCUT2D eigenvalue weighted by Gasteiger charge is -2.30. The molecular formula is C41H49N5O6S. The summed E-state index contributed by atoms with van der Waals surface area (Å²) >= 11 is 0. The Balaban J connectivity index is 1.32. The van der Waals surface area contributed by atoms with E-state index in [1.165, 1.54) is 24.8 Å². The topological polar surface area (TPSA) is 125 Å². The van der Waals surface area contributed by atoms with E-state index in [1.807, 2.05) is 17.0 Å². The predicted octanol–water partition coefficient (Wildman–Crippen LogP) is 6.71. The number of nitrogens with one attached hydrogen (secondary N) is 1. The number of hydrogen-bond donors (Lipinski definition) is 1. The molecule has 1 N–H and O–H groups in total. The summed E-state index contributed by atoms with van der Waals surface area (Å²) in [7, 11) is -2.08. The van der Waals surface area contributed by atoms with Gasteiger partial charge in [-0.25, -0.2) is 8.42 Å². The molecule has 2 aliphatic carbocycles. The maximum absolute atomic E-state index is 14.3. The van der Waals surface area contributed by atoms with Crippen molar-refractivity contribution in [3.05, 3.63) is 70.5 Å². The van der Waals surface area contributed by atoms with E-state index in [0.717, 1.165) is 82.4 Å². The second kappa shape index (κ2) is 14.4. The number of fused-ring (bicyclic) bond motifs is 5. The molecule has 2 saturated carbocycles. The van der Waals surface area contributed by atoms with Crippen LogP contribution >= 0.6 is 0 Å². The Labute approximate surface area is 311 Å². The van der Waals surface area contributed by atoms with E-state index in [4.69, 9.17) is 14.6 Å². The first-order valence-electron chi connectivity index (χ1n) is 19.2. The molecule has 53 heavy (non-hydrogen) atoms. The minimum atomic E-state index is -3.76. The van der Waals surface area contributed by atoms with E-state index >= 15 is 0 Å². The molecule has 1 saturated heterocycles. The number of nitrogens with zero attached hydrogens (tertiary/aromatic N) is 4. The first kappa shape index (κ1) is 35.6. The number of sulfonamides is 1. The molecule has 11 nitrogen and oxygen atoms in total. The summed E-state index contributed by atoms with van der Waals surface area (Å²) in [5.74, 6) is 0.533. The second-order valence-corrected chi connectivity index (χ2v) is 17.5. The summed E-state index contributed by atoms with van der Waals surface area (Å²) in [6, 6.07) is 12.6. The third-order valence-corrected chi connectivity index (χ3v) is 13.4. The Morgan fingerprint density at radius 1 is 0.981 bits per heavy atom. The van der Waals surface area contributed by atoms with E-state index in [-0.39, 0.29) is 18.4 Å². The van der Waals surface area contributed by atoms with Gasteiger partial charge in [0.05, 0.1) is 67.7 Å². The lowest BCUT2D eigenvalue weighted by Crippen LogP contribution is -2.41. The fourth-order valence-corrected chi connectivity index (χ4v) is 9.15. The van der Waals surface area contributed by atoms with Crippen LogP contribution in [0, 0.1) is 0 Å². The van der Waals surface area contributed by atoms with Crippen LogP contribution in [0.25, 0.3) is 33.8 Å². The van der Waals surface area contributed by atoms with Gasteiger partial charge in [-0.3, -0.25) is 19.0 Å². The minimum Gasteiger partial charge on any atom is -0.497 e. The van der Waals surface area contributed by atoms with Crippen molar-refractivity contribution in [3.63, 3.8) is 0 Å². The van der Waals surface area contributed by atoms with Crippen LogP contribution in [0.3, 0.4) is 0 Å². The fraction of sp³-hybridized carbons (Fsp3) is 0.488. The number of methoxy groups -OCH3 is 1. The summed E-state index contributed by atoms with van der Waals surface area (Å²) in [4.78, 5) is 29.2. The van der Waals surface area contributed by atoms with Gasteiger partial charge in [-0.2, -0.15) is 5.10 Å². The Hall–Kier alpha value is -4.42. The van der Waals surface area contributed by atoms with E-state index < -0.39 is 21.2 Å². The van der Waals surface area contributed by atoms with Gasteiger partial charge in [0.25, 0.3) is 5.91 Å². The Bertz CT molecular complexity index is 2200. The predicted molar refractivity (Wildman–Crippen MR) is 205 cm³/mol. The van der Waals surface area contributed by atoms with Gasteiger partial charge in [0.15, 0.2) is 0 Å². The summed E-state index contributed by atoms with van der Waals surface area (Å²) in [5, 5.41) is 5.33. The Kier molecular flexibility index (Phi) is 9.69. The third kappa shape index (κ3) is 6.69. The van der Waals surface area contributed by atoms with Gasteiger partial charge in [0.2, 0.25) is 15.9 Å². The third-order valence-electron chi connectivity index (χ3n) is 11.6. The highest BCUT2D eigenvalue weighted by molar-refractivity contribution is 7.90. The summed E-state index contributed by atoms with van der Waals surface area (Å²) < 4.78 is 43.2. The fourth-order valence-electron chi connectivity index (χ4n) is 8.52. The minimum absolute atomic E-state index is 0.0324. The molecule has 0 unspecified atom stereocenters. The highest BCUT2D eigenvalue weighted by atomic mass is 32.2. The number of morpholine rings is 1. The van der Waals surface area contributed by atoms with Crippen molar-refractivity contribution in [2.45, 2.75) is 95.4 Å². The normalized spacial score (nSPS) is 18.3. The van der Waals surface area contributed by atoms with Gasteiger partial charge >= 0.3 is 0 Å². The summed E-state index contributed by atoms with van der Waals surface area (Å²) in [6.45, 7) is 5.70. The number of allylic oxidation sites excluding steroid dienone is 1. The van der Waals surface area contributed by atoms with Crippen LogP contribution in [0.5, 0.6) is 5.75 Å². The molecule has 0 spiro atoms. The molecule has 2 aliphatic heterocycles. The first-order chi connectivity index (χ1) is 25.6. The van der Waals surface area contributed by atoms with E-state index in [0.29, 0.717) is 44.3 Å². The highest BCUT2D eigenvalue weighted by Crippen LogP contribution is 2.48. The molecule has 4 heterocycles. The molecule has 0 bridgehead atoms. The molecule has 0 radical (unpaired) electrons. The van der Waals surface area contributed by atoms with Crippen molar-refractivity contribution >= 4 is 44.4 Å². The molecule has 0 atom stereocenters. The zero-order valence-corrected chi connectivity index (χ0v) is 31.7. The second-order valence-electron chi connectivity index (χ2n) is 15.3. The number of benzene rings is 2. The average Bonchev–Trinajstić information content (AvgIpc) is 3.64. The van der Waals surface area contributed by atoms with Crippen LogP contribution in [0.1, 0.15) is 110 Å². The van der Waals surface area contributed by atoms with Gasteiger partial charge < -0.3 is 18.9 Å². The quantitative estimate of drug-likeness (QED) is 0.202. The lowest BCUT2D eigenvalue weighted by atomic mass is 9.81. The number of hydrogen-bond acceptors (Lipinski definition) is 7. The zero-order valence-electron chi connectivity index (χ0n) is 30.9. The largest absolute Gasteiger partial charge is 0.497 e. The number of ether oxygens (including phenoxy) is 2. The average molecular weight is 740 g/mol. The Morgan fingerprint density at radius 2 is 1.75 bits per heavy atom. The molecule has 3 fully saturated rings. The number of rotatable bonds is 9. The number of aromatic nitrogens is 3. The summed E-state index contributed by atoms with van der Waals surface area (Å²) in [5.41, 5.74) is 8.73. The van der Waals surface area contributed by atoms with Crippen molar-refractivity contribution in [1.29, 1.82) is 0 Å². The van der Waals surface area contributed by atoms with E-state index in [1.54, 1.807) is 27.2 Å². The molecule has 2 aromatic carbocycles. The van der Waals surface area contributed by atoms with Crippen LogP contribution in [0.15, 0.2) is 42.6 Å². The van der Waals surface area contributed by atoms with Crippen LogP contribution < -0.4 is 9.46 Å². The Morgan fingerprint density at radius 3 is 2.45 bits per heavy atom. The number of amides is 2. The zero-order chi connectivity index (χ0) is 36.9. The molecule has 4 aromatic rings. The SMILES string of the molecule is COc1ccc2c(c1)C=C(c1c(C(=O)N3CCOCC3)cnn1C1CCC1)Cn1c-2c(C2CCCCC2)c2ccc(CC(=O)NS(=O)(=O)C(C)C)cc21. The maximum Gasteiger partial charge on any atom is 0.257 e. The smallest absolute Gasteiger partial charge is 0.257 e. The van der Waals surface area contributed by atoms with Gasteiger partial charge in [0.1, 0.15) is 5.75 Å². The standard InChI is InChI=1S/C41H49N5O6S/c1-26(2)53(49,50)43-37(47)21-27-12-14-34-36(20-27)45-25-30(39-35(24-42-46(39)31-10-7-11-31)41(48)44-16-18-52-19-17-44)22-29-23-32(51-3)13-15-33(29)40(45)38(34)28-8-5-4-6-9-28/h12-15,20,22-24,26,28,31H,4-11,16-19,21,25H2,1-3H3,(H,43,47). The maximum atomic E-state index is 14.3. The monoisotopic (exact) mass is 739 g/mol.